The summed E-state index contributed by atoms with van der Waals surface area (Å²) in [5, 5.41) is 0. The molecular weight excluding hydrogens is 262 g/mol. The van der Waals surface area contributed by atoms with Gasteiger partial charge >= 0.3 is 0 Å². The van der Waals surface area contributed by atoms with E-state index >= 15 is 0 Å². The first-order valence-electron chi connectivity index (χ1n) is 4.59. The number of hydrogen-bond donors (Lipinski definition) is 0. The van der Waals surface area contributed by atoms with E-state index in [-0.39, 0.29) is 0 Å². The predicted molar refractivity (Wildman–Crippen MR) is 63.9 cm³/mol. The monoisotopic (exact) mass is 273 g/mol. The fourth-order valence-corrected chi connectivity index (χ4v) is 2.70. The van der Waals surface area contributed by atoms with Gasteiger partial charge in [-0.15, -0.1) is 0 Å². The molecule has 5 heteroatoms. The van der Waals surface area contributed by atoms with Gasteiger partial charge in [-0.1, -0.05) is 0 Å². The zero-order valence-corrected chi connectivity index (χ0v) is 10.4. The normalized spacial score (nSPS) is 22.4. The Bertz CT molecular complexity index is 303. The van der Waals surface area contributed by atoms with Crippen LogP contribution < -0.4 is 4.90 Å². The van der Waals surface area contributed by atoms with Gasteiger partial charge in [-0.3, -0.25) is 0 Å². The van der Waals surface area contributed by atoms with Crippen molar-refractivity contribution >= 4 is 33.6 Å². The van der Waals surface area contributed by atoms with E-state index in [2.05, 4.69) is 37.7 Å². The summed E-state index contributed by atoms with van der Waals surface area (Å²) < 4.78 is 0.931. The number of rotatable bonds is 1. The second-order valence-electron chi connectivity index (χ2n) is 3.32. The third-order valence-electron chi connectivity index (χ3n) is 2.23. The maximum absolute atomic E-state index is 4.31. The molecule has 0 unspecified atom stereocenters. The lowest BCUT2D eigenvalue weighted by molar-refractivity contribution is 0.677. The van der Waals surface area contributed by atoms with Crippen LogP contribution in [-0.4, -0.2) is 34.1 Å². The van der Waals surface area contributed by atoms with Crippen LogP contribution in [0.3, 0.4) is 0 Å². The SMILES string of the molecule is C[C@H]1CSCCN1c1ncc(Br)cn1. The minimum absolute atomic E-state index is 0.537. The summed E-state index contributed by atoms with van der Waals surface area (Å²) in [4.78, 5) is 10.9. The molecule has 2 rings (SSSR count). The first-order chi connectivity index (χ1) is 6.77. The van der Waals surface area contributed by atoms with Crippen molar-refractivity contribution in [3.8, 4) is 0 Å². The first kappa shape index (κ1) is 10.2. The Kier molecular flexibility index (Phi) is 3.28. The largest absolute Gasteiger partial charge is 0.336 e. The van der Waals surface area contributed by atoms with Crippen molar-refractivity contribution in [1.82, 2.24) is 9.97 Å². The van der Waals surface area contributed by atoms with Gasteiger partial charge in [-0.2, -0.15) is 11.8 Å². The van der Waals surface area contributed by atoms with Gasteiger partial charge in [0.25, 0.3) is 0 Å². The van der Waals surface area contributed by atoms with Crippen molar-refractivity contribution < 1.29 is 0 Å². The molecule has 0 radical (unpaired) electrons. The molecule has 1 fully saturated rings. The molecule has 1 atom stereocenters. The van der Waals surface area contributed by atoms with E-state index in [1.165, 1.54) is 11.5 Å². The lowest BCUT2D eigenvalue weighted by Gasteiger charge is -2.32. The standard InChI is InChI=1S/C9H12BrN3S/c1-7-6-14-3-2-13(7)9-11-4-8(10)5-12-9/h4-5,7H,2-3,6H2,1H3/t7-/m0/s1. The van der Waals surface area contributed by atoms with Gasteiger partial charge in [-0.25, -0.2) is 9.97 Å². The van der Waals surface area contributed by atoms with Crippen LogP contribution in [0.4, 0.5) is 5.95 Å². The van der Waals surface area contributed by atoms with Crippen LogP contribution in [0, 0.1) is 0 Å². The number of anilines is 1. The zero-order valence-electron chi connectivity index (χ0n) is 7.98. The lowest BCUT2D eigenvalue weighted by Crippen LogP contribution is -2.41. The average Bonchev–Trinajstić information content (AvgIpc) is 2.20. The molecule has 0 aromatic carbocycles. The second kappa shape index (κ2) is 4.49. The van der Waals surface area contributed by atoms with E-state index in [4.69, 9.17) is 0 Å². The van der Waals surface area contributed by atoms with E-state index in [1.807, 2.05) is 11.8 Å². The minimum atomic E-state index is 0.537. The highest BCUT2D eigenvalue weighted by molar-refractivity contribution is 9.10. The third-order valence-corrected chi connectivity index (χ3v) is 3.83. The molecule has 0 aliphatic carbocycles. The molecule has 3 nitrogen and oxygen atoms in total. The Hall–Kier alpha value is -0.290. The number of hydrogen-bond acceptors (Lipinski definition) is 4. The first-order valence-corrected chi connectivity index (χ1v) is 6.54. The summed E-state index contributed by atoms with van der Waals surface area (Å²) in [5.74, 6) is 3.18. The topological polar surface area (TPSA) is 29.0 Å². The molecule has 1 aliphatic heterocycles. The Morgan fingerprint density at radius 1 is 1.50 bits per heavy atom. The molecule has 14 heavy (non-hydrogen) atoms. The lowest BCUT2D eigenvalue weighted by atomic mass is 10.3. The predicted octanol–water partition coefficient (Wildman–Crippen LogP) is 2.18. The van der Waals surface area contributed by atoms with E-state index < -0.39 is 0 Å². The Morgan fingerprint density at radius 3 is 2.86 bits per heavy atom. The van der Waals surface area contributed by atoms with Gasteiger partial charge in [0.15, 0.2) is 0 Å². The Morgan fingerprint density at radius 2 is 2.21 bits per heavy atom. The van der Waals surface area contributed by atoms with E-state index in [1.54, 1.807) is 12.4 Å². The Balaban J connectivity index is 2.16. The highest BCUT2D eigenvalue weighted by atomic mass is 79.9. The molecule has 1 aromatic rings. The van der Waals surface area contributed by atoms with E-state index in [0.717, 1.165) is 17.0 Å². The molecule has 0 amide bonds. The van der Waals surface area contributed by atoms with Crippen LogP contribution in [0.5, 0.6) is 0 Å². The maximum atomic E-state index is 4.31. The van der Waals surface area contributed by atoms with E-state index in [0.29, 0.717) is 6.04 Å². The average molecular weight is 274 g/mol. The van der Waals surface area contributed by atoms with Crippen molar-refractivity contribution in [2.75, 3.05) is 23.0 Å². The molecule has 0 N–H and O–H groups in total. The van der Waals surface area contributed by atoms with Gasteiger partial charge in [0.2, 0.25) is 5.95 Å². The van der Waals surface area contributed by atoms with Gasteiger partial charge < -0.3 is 4.90 Å². The Labute approximate surface area is 96.4 Å². The van der Waals surface area contributed by atoms with Crippen LogP contribution in [-0.2, 0) is 0 Å². The van der Waals surface area contributed by atoms with Crippen molar-refractivity contribution in [3.05, 3.63) is 16.9 Å². The summed E-state index contributed by atoms with van der Waals surface area (Å²) in [7, 11) is 0. The number of thioether (sulfide) groups is 1. The molecule has 1 saturated heterocycles. The second-order valence-corrected chi connectivity index (χ2v) is 5.38. The molecule has 0 spiro atoms. The van der Waals surface area contributed by atoms with Gasteiger partial charge in [0, 0.05) is 36.5 Å². The summed E-state index contributed by atoms with van der Waals surface area (Å²) in [5.41, 5.74) is 0. The molecule has 76 valence electrons. The van der Waals surface area contributed by atoms with Gasteiger partial charge in [0.05, 0.1) is 4.47 Å². The summed E-state index contributed by atoms with van der Waals surface area (Å²) >= 11 is 5.34. The van der Waals surface area contributed by atoms with Crippen LogP contribution in [0.25, 0.3) is 0 Å². The van der Waals surface area contributed by atoms with E-state index in [9.17, 15) is 0 Å². The van der Waals surface area contributed by atoms with Crippen molar-refractivity contribution in [2.45, 2.75) is 13.0 Å². The highest BCUT2D eigenvalue weighted by Gasteiger charge is 2.20. The fraction of sp³-hybridized carbons (Fsp3) is 0.556. The quantitative estimate of drug-likeness (QED) is 0.785. The summed E-state index contributed by atoms with van der Waals surface area (Å²) in [6, 6.07) is 0.537. The maximum Gasteiger partial charge on any atom is 0.225 e. The van der Waals surface area contributed by atoms with Gasteiger partial charge in [-0.05, 0) is 22.9 Å². The molecule has 1 aliphatic rings. The fourth-order valence-electron chi connectivity index (χ4n) is 1.48. The van der Waals surface area contributed by atoms with Crippen LogP contribution in [0.2, 0.25) is 0 Å². The third kappa shape index (κ3) is 2.20. The number of nitrogens with zero attached hydrogens (tertiary/aromatic N) is 3. The van der Waals surface area contributed by atoms with Crippen LogP contribution in [0.1, 0.15) is 6.92 Å². The minimum Gasteiger partial charge on any atom is -0.336 e. The molecule has 2 heterocycles. The van der Waals surface area contributed by atoms with Crippen molar-refractivity contribution in [3.63, 3.8) is 0 Å². The zero-order chi connectivity index (χ0) is 9.97. The summed E-state index contributed by atoms with van der Waals surface area (Å²) in [6.45, 7) is 3.27. The molecule has 0 saturated carbocycles. The van der Waals surface area contributed by atoms with Crippen LogP contribution >= 0.6 is 27.7 Å². The van der Waals surface area contributed by atoms with Crippen molar-refractivity contribution in [2.24, 2.45) is 0 Å². The molecule has 0 bridgehead atoms. The van der Waals surface area contributed by atoms with Crippen LogP contribution in [0.15, 0.2) is 16.9 Å². The van der Waals surface area contributed by atoms with Gasteiger partial charge in [0.1, 0.15) is 0 Å². The van der Waals surface area contributed by atoms with Crippen molar-refractivity contribution in [1.29, 1.82) is 0 Å². The molecular formula is C9H12BrN3S. The molecule has 1 aromatic heterocycles. The summed E-state index contributed by atoms with van der Waals surface area (Å²) in [6.07, 6.45) is 3.60. The smallest absolute Gasteiger partial charge is 0.225 e. The highest BCUT2D eigenvalue weighted by Crippen LogP contribution is 2.20. The number of halogens is 1. The number of aromatic nitrogens is 2.